The summed E-state index contributed by atoms with van der Waals surface area (Å²) in [5.41, 5.74) is 0.903. The van der Waals surface area contributed by atoms with Crippen molar-refractivity contribution in [1.82, 2.24) is 0 Å². The van der Waals surface area contributed by atoms with E-state index in [1.165, 1.54) is 41.9 Å². The summed E-state index contributed by atoms with van der Waals surface area (Å²) in [6.07, 6.45) is 10.8. The third-order valence-corrected chi connectivity index (χ3v) is 8.90. The van der Waals surface area contributed by atoms with Gasteiger partial charge in [-0.25, -0.2) is 0 Å². The van der Waals surface area contributed by atoms with E-state index in [2.05, 4.69) is 46.4 Å². The third kappa shape index (κ3) is 13.1. The third-order valence-electron chi connectivity index (χ3n) is 6.47. The lowest BCUT2D eigenvalue weighted by atomic mass is 9.75. The van der Waals surface area contributed by atoms with Crippen molar-refractivity contribution in [3.05, 3.63) is 11.6 Å². The molecule has 0 aromatic carbocycles. The van der Waals surface area contributed by atoms with Gasteiger partial charge in [0.15, 0.2) is 10.2 Å². The van der Waals surface area contributed by atoms with Crippen LogP contribution in [-0.2, 0) is 9.59 Å². The van der Waals surface area contributed by atoms with Crippen LogP contribution in [0.15, 0.2) is 11.6 Å². The number of carbonyl (C=O) groups excluding carboxylic acids is 2. The number of carbonyl (C=O) groups is 2. The Morgan fingerprint density at radius 2 is 1.59 bits per heavy atom. The van der Waals surface area contributed by atoms with Crippen LogP contribution in [-0.4, -0.2) is 37.2 Å². The van der Waals surface area contributed by atoms with Crippen molar-refractivity contribution < 1.29 is 14.7 Å². The van der Waals surface area contributed by atoms with E-state index < -0.39 is 5.60 Å². The number of aliphatic hydroxyl groups is 1. The lowest BCUT2D eigenvalue weighted by Gasteiger charge is -2.39. The lowest BCUT2D eigenvalue weighted by molar-refractivity contribution is -0.110. The summed E-state index contributed by atoms with van der Waals surface area (Å²) in [4.78, 5) is 22.2. The Balaban J connectivity index is 0. The summed E-state index contributed by atoms with van der Waals surface area (Å²) >= 11 is 6.48. The molecule has 0 aromatic heterocycles. The highest BCUT2D eigenvalue weighted by Gasteiger charge is 2.36. The SMILES string of the molecule is C.CC(=O)SC(C)(C)C1CC=C(C)CC1.CC(=O)SC1CC(C(C)(C)O)CCC1C.CS. The molecule has 6 heteroatoms. The Labute approximate surface area is 213 Å². The topological polar surface area (TPSA) is 54.4 Å². The number of hydrogen-bond donors (Lipinski definition) is 2. The molecule has 4 unspecified atom stereocenters. The van der Waals surface area contributed by atoms with E-state index in [9.17, 15) is 14.7 Å². The summed E-state index contributed by atoms with van der Waals surface area (Å²) in [5.74, 6) is 1.59. The van der Waals surface area contributed by atoms with Crippen LogP contribution in [0.25, 0.3) is 0 Å². The van der Waals surface area contributed by atoms with Crippen molar-refractivity contribution in [2.45, 2.75) is 117 Å². The zero-order chi connectivity index (χ0) is 24.4. The van der Waals surface area contributed by atoms with E-state index in [4.69, 9.17) is 0 Å². The maximum atomic E-state index is 11.1. The van der Waals surface area contributed by atoms with Crippen molar-refractivity contribution in [3.63, 3.8) is 0 Å². The Morgan fingerprint density at radius 3 is 2.00 bits per heavy atom. The molecule has 190 valence electrons. The molecule has 0 aromatic rings. The van der Waals surface area contributed by atoms with Gasteiger partial charge in [-0.05, 0) is 97.2 Å². The van der Waals surface area contributed by atoms with Crippen LogP contribution in [0.5, 0.6) is 0 Å². The molecule has 4 atom stereocenters. The highest BCUT2D eigenvalue weighted by atomic mass is 32.2. The van der Waals surface area contributed by atoms with Gasteiger partial charge < -0.3 is 5.11 Å². The first-order chi connectivity index (χ1) is 14.2. The van der Waals surface area contributed by atoms with Gasteiger partial charge in [-0.2, -0.15) is 12.6 Å². The van der Waals surface area contributed by atoms with Gasteiger partial charge >= 0.3 is 0 Å². The molecule has 1 fully saturated rings. The largest absolute Gasteiger partial charge is 0.390 e. The summed E-state index contributed by atoms with van der Waals surface area (Å²) in [6, 6.07) is 0. The van der Waals surface area contributed by atoms with Gasteiger partial charge in [0.25, 0.3) is 0 Å². The second-order valence-electron chi connectivity index (χ2n) is 10.0. The smallest absolute Gasteiger partial charge is 0.186 e. The number of thiol groups is 1. The molecule has 0 aliphatic heterocycles. The number of allylic oxidation sites excluding steroid dienone is 2. The predicted molar refractivity (Wildman–Crippen MR) is 150 cm³/mol. The molecule has 0 spiro atoms. The van der Waals surface area contributed by atoms with Gasteiger partial charge in [-0.15, -0.1) is 0 Å². The van der Waals surface area contributed by atoms with E-state index in [0.717, 1.165) is 25.7 Å². The number of thioether (sulfide) groups is 2. The predicted octanol–water partition coefficient (Wildman–Crippen LogP) is 7.82. The van der Waals surface area contributed by atoms with E-state index in [1.54, 1.807) is 20.1 Å². The maximum absolute atomic E-state index is 11.1. The van der Waals surface area contributed by atoms with Crippen molar-refractivity contribution in [2.24, 2.45) is 17.8 Å². The first-order valence-electron chi connectivity index (χ1n) is 11.4. The fourth-order valence-corrected chi connectivity index (χ4v) is 6.59. The Kier molecular flexibility index (Phi) is 17.0. The van der Waals surface area contributed by atoms with Crippen LogP contribution in [0.4, 0.5) is 0 Å². The highest BCUT2D eigenvalue weighted by molar-refractivity contribution is 8.14. The first-order valence-corrected chi connectivity index (χ1v) is 14.0. The molecule has 1 N–H and O–H groups in total. The molecule has 2 aliphatic rings. The Bertz CT molecular complexity index is 594. The molecule has 0 heterocycles. The summed E-state index contributed by atoms with van der Waals surface area (Å²) in [6.45, 7) is 15.8. The summed E-state index contributed by atoms with van der Waals surface area (Å²) in [5, 5.41) is 10.8. The molecule has 0 bridgehead atoms. The van der Waals surface area contributed by atoms with Crippen LogP contribution in [0, 0.1) is 17.8 Å². The molecule has 3 nitrogen and oxygen atoms in total. The average Bonchev–Trinajstić information content (AvgIpc) is 2.64. The van der Waals surface area contributed by atoms with Crippen LogP contribution in [0.2, 0.25) is 0 Å². The minimum atomic E-state index is -0.601. The minimum absolute atomic E-state index is 0. The van der Waals surface area contributed by atoms with Gasteiger partial charge in [0.1, 0.15) is 0 Å². The van der Waals surface area contributed by atoms with Gasteiger partial charge in [0, 0.05) is 23.8 Å². The Hall–Kier alpha value is 0.0900. The van der Waals surface area contributed by atoms with Gasteiger partial charge in [-0.1, -0.05) is 49.5 Å². The van der Waals surface area contributed by atoms with E-state index in [-0.39, 0.29) is 22.4 Å². The standard InChI is InChI=1S/C12H22O2S.C12H20OS.CH4S.CH4/c1-8-5-6-10(12(3,4)14)7-11(8)15-9(2)13;1-9-5-7-11(8-6-9)12(3,4)14-10(2)13;1-2;/h8,10-11,14H,5-7H2,1-4H3;5,11H,6-8H2,1-4H3;2H,1H3;1H4. The van der Waals surface area contributed by atoms with Gasteiger partial charge in [0.2, 0.25) is 0 Å². The van der Waals surface area contributed by atoms with Gasteiger partial charge in [0.05, 0.1) is 5.60 Å². The minimum Gasteiger partial charge on any atom is -0.390 e. The molecule has 1 saturated carbocycles. The van der Waals surface area contributed by atoms with Gasteiger partial charge in [-0.3, -0.25) is 9.59 Å². The van der Waals surface area contributed by atoms with Crippen molar-refractivity contribution in [1.29, 1.82) is 0 Å². The Morgan fingerprint density at radius 1 is 1.03 bits per heavy atom. The quantitative estimate of drug-likeness (QED) is 0.301. The zero-order valence-corrected chi connectivity index (χ0v) is 23.7. The molecule has 0 radical (unpaired) electrons. The van der Waals surface area contributed by atoms with Crippen LogP contribution in [0.1, 0.15) is 101 Å². The number of hydrogen-bond acceptors (Lipinski definition) is 6. The second kappa shape index (κ2) is 15.9. The molecular formula is C26H50O3S3. The van der Waals surface area contributed by atoms with Crippen molar-refractivity contribution in [2.75, 3.05) is 6.26 Å². The molecule has 0 amide bonds. The fourth-order valence-electron chi connectivity index (χ4n) is 4.35. The highest BCUT2D eigenvalue weighted by Crippen LogP contribution is 2.41. The molecule has 2 rings (SSSR count). The van der Waals surface area contributed by atoms with E-state index >= 15 is 0 Å². The summed E-state index contributed by atoms with van der Waals surface area (Å²) in [7, 11) is 0. The fraction of sp³-hybridized carbons (Fsp3) is 0.846. The summed E-state index contributed by atoms with van der Waals surface area (Å²) < 4.78 is 0.100. The first kappa shape index (κ1) is 34.3. The van der Waals surface area contributed by atoms with E-state index in [0.29, 0.717) is 23.0 Å². The monoisotopic (exact) mass is 506 g/mol. The van der Waals surface area contributed by atoms with Crippen LogP contribution < -0.4 is 0 Å². The normalized spacial score (nSPS) is 25.7. The van der Waals surface area contributed by atoms with Crippen LogP contribution in [0.3, 0.4) is 0 Å². The maximum Gasteiger partial charge on any atom is 0.186 e. The molecule has 2 aliphatic carbocycles. The van der Waals surface area contributed by atoms with Crippen LogP contribution >= 0.6 is 36.2 Å². The van der Waals surface area contributed by atoms with Crippen molar-refractivity contribution >= 4 is 46.4 Å². The van der Waals surface area contributed by atoms with E-state index in [1.807, 2.05) is 13.8 Å². The zero-order valence-electron chi connectivity index (χ0n) is 21.2. The molecular weight excluding hydrogens is 456 g/mol. The second-order valence-corrected chi connectivity index (χ2v) is 13.3. The van der Waals surface area contributed by atoms with Crippen molar-refractivity contribution in [3.8, 4) is 0 Å². The average molecular weight is 507 g/mol. The lowest BCUT2D eigenvalue weighted by Crippen LogP contribution is -2.38. The molecule has 0 saturated heterocycles. The number of rotatable bonds is 4. The molecule has 32 heavy (non-hydrogen) atoms.